The van der Waals surface area contributed by atoms with Crippen molar-refractivity contribution in [1.82, 2.24) is 0 Å². The number of carbonyl (C=O) groups excluding carboxylic acids is 3. The minimum absolute atomic E-state index is 0.00510. The molecule has 0 aromatic heterocycles. The molecule has 1 rings (SSSR count). The van der Waals surface area contributed by atoms with Crippen molar-refractivity contribution in [2.24, 2.45) is 5.73 Å². The van der Waals surface area contributed by atoms with Crippen molar-refractivity contribution in [3.05, 3.63) is 23.8 Å². The summed E-state index contributed by atoms with van der Waals surface area (Å²) in [7, 11) is 0. The summed E-state index contributed by atoms with van der Waals surface area (Å²) >= 11 is 0. The summed E-state index contributed by atoms with van der Waals surface area (Å²) < 4.78 is 31.4. The number of hydrogen-bond donors (Lipinski definition) is 2. The van der Waals surface area contributed by atoms with Crippen molar-refractivity contribution in [2.45, 2.75) is 117 Å². The van der Waals surface area contributed by atoms with Gasteiger partial charge < -0.3 is 39.3 Å². The maximum Gasteiger partial charge on any atom is 0.514 e. The van der Waals surface area contributed by atoms with Gasteiger partial charge in [-0.15, -0.1) is 0 Å². The van der Waals surface area contributed by atoms with Gasteiger partial charge in [-0.2, -0.15) is 0 Å². The summed E-state index contributed by atoms with van der Waals surface area (Å²) in [6.07, 6.45) is -2.17. The molecule has 0 saturated carbocycles. The Morgan fingerprint density at radius 3 is 1.73 bits per heavy atom. The number of carbonyl (C=O) groups is 4. The zero-order chi connectivity index (χ0) is 30.4. The first kappa shape index (κ1) is 34.5. The fourth-order valence-electron chi connectivity index (χ4n) is 3.86. The van der Waals surface area contributed by atoms with E-state index in [1.165, 1.54) is 18.2 Å². The van der Waals surface area contributed by atoms with Crippen LogP contribution in [-0.2, 0) is 23.7 Å². The lowest BCUT2D eigenvalue weighted by Gasteiger charge is -2.25. The van der Waals surface area contributed by atoms with E-state index in [1.54, 1.807) is 34.6 Å². The normalized spacial score (nSPS) is 14.7. The summed E-state index contributed by atoms with van der Waals surface area (Å²) in [5, 5.41) is 9.64. The van der Waals surface area contributed by atoms with Gasteiger partial charge in [0.05, 0.1) is 6.10 Å². The Bertz CT molecular complexity index is 981. The third-order valence-electron chi connectivity index (χ3n) is 5.70. The van der Waals surface area contributed by atoms with E-state index in [1.807, 2.05) is 13.8 Å². The molecule has 12 nitrogen and oxygen atoms in total. The number of carboxylic acid groups (broad SMARTS) is 1. The van der Waals surface area contributed by atoms with Crippen LogP contribution in [0.5, 0.6) is 11.5 Å². The number of hydrogen-bond acceptors (Lipinski definition) is 11. The maximum atomic E-state index is 12.5. The van der Waals surface area contributed by atoms with Crippen molar-refractivity contribution >= 4 is 24.4 Å². The van der Waals surface area contributed by atoms with E-state index >= 15 is 0 Å². The lowest BCUT2D eigenvalue weighted by atomic mass is 9.87. The first-order valence-corrected chi connectivity index (χ1v) is 13.5. The molecule has 40 heavy (non-hydrogen) atoms. The second-order valence-electron chi connectivity index (χ2n) is 9.90. The van der Waals surface area contributed by atoms with Gasteiger partial charge in [0.2, 0.25) is 0 Å². The highest BCUT2D eigenvalue weighted by Gasteiger charge is 2.31. The van der Waals surface area contributed by atoms with Gasteiger partial charge in [0.1, 0.15) is 24.4 Å². The molecular weight excluding hydrogens is 526 g/mol. The fraction of sp³-hybridized carbons (Fsp3) is 0.643. The minimum atomic E-state index is -1.41. The molecule has 0 bridgehead atoms. The molecule has 0 fully saturated rings. The van der Waals surface area contributed by atoms with Crippen molar-refractivity contribution in [3.63, 3.8) is 0 Å². The summed E-state index contributed by atoms with van der Waals surface area (Å²) in [5.74, 6) is -2.56. The van der Waals surface area contributed by atoms with E-state index in [-0.39, 0.29) is 17.9 Å². The molecule has 1 aromatic carbocycles. The number of carboxylic acids is 1. The summed E-state index contributed by atoms with van der Waals surface area (Å²) in [4.78, 5) is 48.6. The zero-order valence-corrected chi connectivity index (χ0v) is 24.3. The van der Waals surface area contributed by atoms with Gasteiger partial charge in [0, 0.05) is 5.92 Å². The highest BCUT2D eigenvalue weighted by Crippen LogP contribution is 2.35. The van der Waals surface area contributed by atoms with E-state index in [0.29, 0.717) is 18.4 Å². The van der Waals surface area contributed by atoms with Crippen molar-refractivity contribution in [1.29, 1.82) is 0 Å². The smallest absolute Gasteiger partial charge is 0.480 e. The first-order chi connectivity index (χ1) is 18.8. The first-order valence-electron chi connectivity index (χ1n) is 13.5. The molecule has 0 spiro atoms. The van der Waals surface area contributed by atoms with Crippen LogP contribution in [0.15, 0.2) is 18.2 Å². The number of benzene rings is 1. The van der Waals surface area contributed by atoms with Gasteiger partial charge in [-0.3, -0.25) is 4.79 Å². The predicted octanol–water partition coefficient (Wildman–Crippen LogP) is 5.93. The molecule has 0 aliphatic carbocycles. The monoisotopic (exact) mass is 569 g/mol. The fourth-order valence-corrected chi connectivity index (χ4v) is 3.86. The molecule has 5 atom stereocenters. The Morgan fingerprint density at radius 1 is 0.750 bits per heavy atom. The Morgan fingerprint density at radius 2 is 1.25 bits per heavy atom. The Balaban J connectivity index is 3.33. The van der Waals surface area contributed by atoms with Crippen molar-refractivity contribution in [2.75, 3.05) is 0 Å². The van der Waals surface area contributed by atoms with Crippen LogP contribution in [0.1, 0.15) is 92.1 Å². The molecule has 0 radical (unpaired) electrons. The Labute approximate surface area is 235 Å². The number of nitrogens with two attached hydrogens (primary N) is 1. The van der Waals surface area contributed by atoms with E-state index in [9.17, 15) is 24.3 Å². The molecule has 12 heteroatoms. The standard InChI is InChI=1S/C28H43NO11/c1-8-10-17(5)36-27(33)39-22-13-12-20(15-23(22)40-28(34)37-18(6)11-9-2)21(24(29)25(30)31)14-19(7)38-26(32)35-16(3)4/h12-13,15-19,21,24H,8-11,14,29H2,1-7H3,(H,30,31)/t17?,18?,19?,21?,24-/m0/s1. The topological polar surface area (TPSA) is 170 Å². The minimum Gasteiger partial charge on any atom is -0.480 e. The second-order valence-corrected chi connectivity index (χ2v) is 9.90. The summed E-state index contributed by atoms with van der Waals surface area (Å²) in [6.45, 7) is 12.2. The highest BCUT2D eigenvalue weighted by atomic mass is 16.8. The van der Waals surface area contributed by atoms with Gasteiger partial charge in [0.15, 0.2) is 11.5 Å². The van der Waals surface area contributed by atoms with Crippen LogP contribution >= 0.6 is 0 Å². The van der Waals surface area contributed by atoms with Gasteiger partial charge in [0.25, 0.3) is 0 Å². The molecule has 1 aromatic rings. The molecular formula is C28H43NO11. The largest absolute Gasteiger partial charge is 0.514 e. The molecule has 0 amide bonds. The van der Waals surface area contributed by atoms with E-state index in [2.05, 4.69) is 0 Å². The van der Waals surface area contributed by atoms with E-state index in [0.717, 1.165) is 12.8 Å². The van der Waals surface area contributed by atoms with Gasteiger partial charge in [-0.1, -0.05) is 32.8 Å². The number of aliphatic carboxylic acids is 1. The number of ether oxygens (including phenoxy) is 6. The lowest BCUT2D eigenvalue weighted by molar-refractivity contribution is -0.139. The van der Waals surface area contributed by atoms with Crippen LogP contribution in [0, 0.1) is 0 Å². The lowest BCUT2D eigenvalue weighted by Crippen LogP contribution is -2.38. The van der Waals surface area contributed by atoms with Crippen molar-refractivity contribution in [3.8, 4) is 11.5 Å². The molecule has 3 N–H and O–H groups in total. The Kier molecular flexibility index (Phi) is 14.8. The van der Waals surface area contributed by atoms with Gasteiger partial charge >= 0.3 is 24.4 Å². The van der Waals surface area contributed by atoms with Crippen LogP contribution in [-0.4, -0.2) is 60.0 Å². The number of rotatable bonds is 15. The van der Waals surface area contributed by atoms with E-state index in [4.69, 9.17) is 34.2 Å². The third-order valence-corrected chi connectivity index (χ3v) is 5.70. The second kappa shape index (κ2) is 17.2. The highest BCUT2D eigenvalue weighted by molar-refractivity contribution is 5.75. The molecule has 0 saturated heterocycles. The average Bonchev–Trinajstić information content (AvgIpc) is 2.82. The Hall–Kier alpha value is -3.54. The third kappa shape index (κ3) is 12.5. The SMILES string of the molecule is CCCC(C)OC(=O)Oc1ccc(C(CC(C)OC(=O)OC(C)C)[C@H](N)C(=O)O)cc1OC(=O)OC(C)CCC. The average molecular weight is 570 g/mol. The van der Waals surface area contributed by atoms with Crippen LogP contribution in [0.3, 0.4) is 0 Å². The molecule has 0 heterocycles. The van der Waals surface area contributed by atoms with Crippen LogP contribution < -0.4 is 15.2 Å². The van der Waals surface area contributed by atoms with Crippen LogP contribution in [0.2, 0.25) is 0 Å². The molecule has 0 aliphatic heterocycles. The van der Waals surface area contributed by atoms with Gasteiger partial charge in [-0.25, -0.2) is 14.4 Å². The summed E-state index contributed by atoms with van der Waals surface area (Å²) in [6, 6.07) is 2.72. The van der Waals surface area contributed by atoms with Crippen LogP contribution in [0.4, 0.5) is 14.4 Å². The predicted molar refractivity (Wildman–Crippen MR) is 145 cm³/mol. The van der Waals surface area contributed by atoms with Gasteiger partial charge in [-0.05, 0) is 71.6 Å². The molecule has 226 valence electrons. The van der Waals surface area contributed by atoms with E-state index < -0.39 is 60.8 Å². The molecule has 4 unspecified atom stereocenters. The van der Waals surface area contributed by atoms with Crippen LogP contribution in [0.25, 0.3) is 0 Å². The zero-order valence-electron chi connectivity index (χ0n) is 24.3. The maximum absolute atomic E-state index is 12.5. The summed E-state index contributed by atoms with van der Waals surface area (Å²) in [5.41, 5.74) is 6.32. The van der Waals surface area contributed by atoms with Crippen molar-refractivity contribution < 1.29 is 52.7 Å². The quantitative estimate of drug-likeness (QED) is 0.145. The molecule has 0 aliphatic rings.